The summed E-state index contributed by atoms with van der Waals surface area (Å²) in [5.74, 6) is 0.460. The summed E-state index contributed by atoms with van der Waals surface area (Å²) in [7, 11) is 0. The molecule has 0 radical (unpaired) electrons. The Kier molecular flexibility index (Phi) is 6.16. The Bertz CT molecular complexity index is 534. The van der Waals surface area contributed by atoms with Gasteiger partial charge < -0.3 is 14.7 Å². The van der Waals surface area contributed by atoms with Gasteiger partial charge in [0.2, 0.25) is 0 Å². The molecular formula is C16H21N3O3. The van der Waals surface area contributed by atoms with Crippen LogP contribution >= 0.6 is 0 Å². The molecule has 0 saturated carbocycles. The number of hydrogen-bond acceptors (Lipinski definition) is 4. The minimum absolute atomic E-state index is 0.448. The van der Waals surface area contributed by atoms with E-state index in [-0.39, 0.29) is 0 Å². The maximum Gasteiger partial charge on any atom is 0.407 e. The second-order valence-electron chi connectivity index (χ2n) is 5.55. The van der Waals surface area contributed by atoms with Gasteiger partial charge in [-0.1, -0.05) is 0 Å². The van der Waals surface area contributed by atoms with Gasteiger partial charge in [0.1, 0.15) is 11.8 Å². The third-order valence-electron chi connectivity index (χ3n) is 3.93. The van der Waals surface area contributed by atoms with E-state index in [0.29, 0.717) is 37.9 Å². The minimum Gasteiger partial charge on any atom is -0.465 e. The molecule has 6 nitrogen and oxygen atoms in total. The summed E-state index contributed by atoms with van der Waals surface area (Å²) in [4.78, 5) is 16.2. The normalized spacial score (nSPS) is 15.5. The van der Waals surface area contributed by atoms with Gasteiger partial charge in [0.25, 0.3) is 0 Å². The molecule has 2 heterocycles. The number of hydrogen-bond donors (Lipinski definition) is 1. The summed E-state index contributed by atoms with van der Waals surface area (Å²) >= 11 is 0. The molecule has 118 valence electrons. The number of carbonyl (C=O) groups is 1. The Morgan fingerprint density at radius 1 is 1.50 bits per heavy atom. The molecule has 6 heteroatoms. The first-order chi connectivity index (χ1) is 10.7. The van der Waals surface area contributed by atoms with Crippen LogP contribution in [-0.2, 0) is 11.2 Å². The van der Waals surface area contributed by atoms with E-state index < -0.39 is 6.09 Å². The van der Waals surface area contributed by atoms with Crippen LogP contribution in [0, 0.1) is 17.2 Å². The highest BCUT2D eigenvalue weighted by Crippen LogP contribution is 2.17. The van der Waals surface area contributed by atoms with Gasteiger partial charge in [-0.3, -0.25) is 0 Å². The quantitative estimate of drug-likeness (QED) is 0.815. The van der Waals surface area contributed by atoms with Crippen molar-refractivity contribution < 1.29 is 14.6 Å². The van der Waals surface area contributed by atoms with E-state index in [1.54, 1.807) is 6.20 Å². The molecule has 0 aromatic carbocycles. The lowest BCUT2D eigenvalue weighted by atomic mass is 9.98. The Balaban J connectivity index is 1.58. The van der Waals surface area contributed by atoms with Gasteiger partial charge in [-0.05, 0) is 49.3 Å². The molecule has 0 aliphatic carbocycles. The molecule has 0 bridgehead atoms. The van der Waals surface area contributed by atoms with Crippen LogP contribution in [-0.4, -0.2) is 47.4 Å². The third-order valence-corrected chi connectivity index (χ3v) is 3.93. The van der Waals surface area contributed by atoms with Crippen LogP contribution in [0.4, 0.5) is 4.79 Å². The number of ether oxygens (including phenoxy) is 1. The van der Waals surface area contributed by atoms with Gasteiger partial charge in [-0.2, -0.15) is 5.26 Å². The molecule has 1 aromatic heterocycles. The molecule has 1 aromatic rings. The molecule has 1 aliphatic heterocycles. The van der Waals surface area contributed by atoms with Crippen molar-refractivity contribution in [3.8, 4) is 6.07 Å². The van der Waals surface area contributed by atoms with Crippen molar-refractivity contribution in [2.24, 2.45) is 5.92 Å². The summed E-state index contributed by atoms with van der Waals surface area (Å²) in [6, 6.07) is 5.76. The van der Waals surface area contributed by atoms with Crippen molar-refractivity contribution in [3.05, 3.63) is 29.6 Å². The van der Waals surface area contributed by atoms with Crippen molar-refractivity contribution in [1.29, 1.82) is 5.26 Å². The molecule has 1 N–H and O–H groups in total. The fourth-order valence-electron chi connectivity index (χ4n) is 2.61. The Morgan fingerprint density at radius 3 is 2.95 bits per heavy atom. The number of amides is 1. The van der Waals surface area contributed by atoms with E-state index in [1.165, 1.54) is 4.90 Å². The van der Waals surface area contributed by atoms with Crippen molar-refractivity contribution in [2.45, 2.75) is 25.7 Å². The maximum absolute atomic E-state index is 10.8. The predicted octanol–water partition coefficient (Wildman–Crippen LogP) is 2.29. The van der Waals surface area contributed by atoms with Crippen LogP contribution in [0.5, 0.6) is 0 Å². The number of likely N-dealkylation sites (tertiary alicyclic amines) is 1. The van der Waals surface area contributed by atoms with Crippen LogP contribution in [0.15, 0.2) is 18.3 Å². The molecule has 0 atom stereocenters. The molecule has 1 amide bonds. The van der Waals surface area contributed by atoms with Crippen molar-refractivity contribution in [2.75, 3.05) is 26.3 Å². The van der Waals surface area contributed by atoms with Crippen molar-refractivity contribution in [3.63, 3.8) is 0 Å². The summed E-state index contributed by atoms with van der Waals surface area (Å²) in [6.07, 6.45) is 4.36. The average molecular weight is 303 g/mol. The Labute approximate surface area is 130 Å². The molecular weight excluding hydrogens is 282 g/mol. The zero-order valence-corrected chi connectivity index (χ0v) is 12.6. The Hall–Kier alpha value is -2.13. The topological polar surface area (TPSA) is 86.5 Å². The van der Waals surface area contributed by atoms with E-state index in [4.69, 9.17) is 15.1 Å². The number of pyridine rings is 1. The van der Waals surface area contributed by atoms with Crippen LogP contribution in [0.1, 0.15) is 30.5 Å². The molecule has 0 unspecified atom stereocenters. The first-order valence-electron chi connectivity index (χ1n) is 7.59. The standard InChI is InChI=1S/C16H21N3O3/c17-11-15-10-13(3-6-18-15)2-1-9-22-12-14-4-7-19(8-5-14)16(20)21/h3,6,10,14H,1-2,4-5,7-9,12H2,(H,20,21). The Morgan fingerprint density at radius 2 is 2.27 bits per heavy atom. The van der Waals surface area contributed by atoms with Crippen LogP contribution in [0.2, 0.25) is 0 Å². The number of nitriles is 1. The molecule has 2 rings (SSSR count). The van der Waals surface area contributed by atoms with E-state index in [2.05, 4.69) is 4.98 Å². The van der Waals surface area contributed by atoms with Gasteiger partial charge in [0, 0.05) is 32.5 Å². The monoisotopic (exact) mass is 303 g/mol. The second kappa shape index (κ2) is 8.35. The zero-order chi connectivity index (χ0) is 15.8. The summed E-state index contributed by atoms with van der Waals surface area (Å²) in [6.45, 7) is 2.60. The maximum atomic E-state index is 10.8. The number of aromatic nitrogens is 1. The van der Waals surface area contributed by atoms with Gasteiger partial charge in [-0.25, -0.2) is 9.78 Å². The van der Waals surface area contributed by atoms with Crippen LogP contribution in [0.3, 0.4) is 0 Å². The largest absolute Gasteiger partial charge is 0.465 e. The number of aryl methyl sites for hydroxylation is 1. The van der Waals surface area contributed by atoms with E-state index in [9.17, 15) is 4.79 Å². The van der Waals surface area contributed by atoms with Crippen LogP contribution in [0.25, 0.3) is 0 Å². The number of rotatable bonds is 6. The summed E-state index contributed by atoms with van der Waals surface area (Å²) in [5, 5.41) is 17.7. The predicted molar refractivity (Wildman–Crippen MR) is 80.4 cm³/mol. The fraction of sp³-hybridized carbons (Fsp3) is 0.562. The lowest BCUT2D eigenvalue weighted by Gasteiger charge is -2.29. The van der Waals surface area contributed by atoms with Gasteiger partial charge >= 0.3 is 6.09 Å². The smallest absolute Gasteiger partial charge is 0.407 e. The highest BCUT2D eigenvalue weighted by molar-refractivity contribution is 5.64. The van der Waals surface area contributed by atoms with E-state index >= 15 is 0 Å². The van der Waals surface area contributed by atoms with Gasteiger partial charge in [0.15, 0.2) is 0 Å². The summed E-state index contributed by atoms with van der Waals surface area (Å²) < 4.78 is 5.70. The molecule has 1 aliphatic rings. The van der Waals surface area contributed by atoms with Crippen LogP contribution < -0.4 is 0 Å². The lowest BCUT2D eigenvalue weighted by molar-refractivity contribution is 0.0642. The fourth-order valence-corrected chi connectivity index (χ4v) is 2.61. The summed E-state index contributed by atoms with van der Waals surface area (Å²) in [5.41, 5.74) is 1.55. The molecule has 1 saturated heterocycles. The molecule has 1 fully saturated rings. The number of carboxylic acid groups (broad SMARTS) is 1. The van der Waals surface area contributed by atoms with Gasteiger partial charge in [0.05, 0.1) is 0 Å². The first kappa shape index (κ1) is 16.2. The number of nitrogens with zero attached hydrogens (tertiary/aromatic N) is 3. The zero-order valence-electron chi connectivity index (χ0n) is 12.6. The highest BCUT2D eigenvalue weighted by atomic mass is 16.5. The molecule has 22 heavy (non-hydrogen) atoms. The SMILES string of the molecule is N#Cc1cc(CCCOCC2CCN(C(=O)O)CC2)ccn1. The van der Waals surface area contributed by atoms with Crippen molar-refractivity contribution >= 4 is 6.09 Å². The van der Waals surface area contributed by atoms with Crippen molar-refractivity contribution in [1.82, 2.24) is 9.88 Å². The second-order valence-corrected chi connectivity index (χ2v) is 5.55. The first-order valence-corrected chi connectivity index (χ1v) is 7.59. The lowest BCUT2D eigenvalue weighted by Crippen LogP contribution is -2.38. The highest BCUT2D eigenvalue weighted by Gasteiger charge is 2.22. The minimum atomic E-state index is -0.826. The van der Waals surface area contributed by atoms with E-state index in [0.717, 1.165) is 31.2 Å². The van der Waals surface area contributed by atoms with Gasteiger partial charge in [-0.15, -0.1) is 0 Å². The average Bonchev–Trinajstić information content (AvgIpc) is 2.55. The molecule has 0 spiro atoms. The third kappa shape index (κ3) is 5.01. The van der Waals surface area contributed by atoms with E-state index in [1.807, 2.05) is 18.2 Å². The number of piperidine rings is 1.